The molecule has 0 unspecified atom stereocenters. The average Bonchev–Trinajstić information content (AvgIpc) is 2.54. The molecule has 0 amide bonds. The summed E-state index contributed by atoms with van der Waals surface area (Å²) in [6, 6.07) is 9.29. The topological polar surface area (TPSA) is 47.9 Å². The Labute approximate surface area is 130 Å². The number of benzene rings is 2. The van der Waals surface area contributed by atoms with Gasteiger partial charge in [-0.2, -0.15) is 0 Å². The summed E-state index contributed by atoms with van der Waals surface area (Å²) in [4.78, 5) is 0. The van der Waals surface area contributed by atoms with E-state index in [0.717, 1.165) is 16.7 Å². The molecule has 22 heavy (non-hydrogen) atoms. The number of aromatic hydroxyl groups is 1. The minimum atomic E-state index is 0.284. The summed E-state index contributed by atoms with van der Waals surface area (Å²) < 4.78 is 16.0. The SMILES string of the molecule is COc1cc(/C=C/c2ccc(C)c(O)c2)cc(OC)c1OC. The van der Waals surface area contributed by atoms with Crippen LogP contribution in [0.15, 0.2) is 30.3 Å². The largest absolute Gasteiger partial charge is 0.508 e. The molecule has 0 atom stereocenters. The molecule has 1 N–H and O–H groups in total. The van der Waals surface area contributed by atoms with E-state index in [1.807, 2.05) is 43.3 Å². The van der Waals surface area contributed by atoms with Gasteiger partial charge in [-0.05, 0) is 41.8 Å². The first kappa shape index (κ1) is 15.8. The van der Waals surface area contributed by atoms with E-state index in [4.69, 9.17) is 14.2 Å². The molecule has 0 saturated carbocycles. The van der Waals surface area contributed by atoms with Gasteiger partial charge < -0.3 is 19.3 Å². The maximum absolute atomic E-state index is 9.74. The molecule has 0 aliphatic carbocycles. The fourth-order valence-corrected chi connectivity index (χ4v) is 2.12. The molecule has 0 aliphatic heterocycles. The van der Waals surface area contributed by atoms with E-state index in [0.29, 0.717) is 17.2 Å². The predicted octanol–water partition coefficient (Wildman–Crippen LogP) is 3.90. The van der Waals surface area contributed by atoms with Crippen LogP contribution in [0.3, 0.4) is 0 Å². The lowest BCUT2D eigenvalue weighted by atomic mass is 10.1. The van der Waals surface area contributed by atoms with Crippen molar-refractivity contribution in [2.24, 2.45) is 0 Å². The van der Waals surface area contributed by atoms with Crippen LogP contribution in [-0.4, -0.2) is 26.4 Å². The Hall–Kier alpha value is -2.62. The van der Waals surface area contributed by atoms with Crippen molar-refractivity contribution in [3.63, 3.8) is 0 Å². The van der Waals surface area contributed by atoms with Crippen LogP contribution in [0.5, 0.6) is 23.0 Å². The van der Waals surface area contributed by atoms with Gasteiger partial charge in [0.15, 0.2) is 11.5 Å². The highest BCUT2D eigenvalue weighted by molar-refractivity contribution is 5.73. The summed E-state index contributed by atoms with van der Waals surface area (Å²) in [5.74, 6) is 2.06. The molecule has 0 heterocycles. The molecule has 0 fully saturated rings. The minimum Gasteiger partial charge on any atom is -0.508 e. The van der Waals surface area contributed by atoms with Crippen LogP contribution in [0.1, 0.15) is 16.7 Å². The quantitative estimate of drug-likeness (QED) is 0.851. The van der Waals surface area contributed by atoms with Crippen LogP contribution >= 0.6 is 0 Å². The standard InChI is InChI=1S/C18H20O4/c1-12-5-6-13(9-15(12)19)7-8-14-10-16(20-2)18(22-4)17(11-14)21-3/h5-11,19H,1-4H3/b8-7+. The van der Waals surface area contributed by atoms with Crippen molar-refractivity contribution < 1.29 is 19.3 Å². The number of aryl methyl sites for hydroxylation is 1. The van der Waals surface area contributed by atoms with Crippen molar-refractivity contribution in [2.75, 3.05) is 21.3 Å². The molecule has 116 valence electrons. The Kier molecular flexibility index (Phi) is 4.94. The number of methoxy groups -OCH3 is 3. The van der Waals surface area contributed by atoms with E-state index < -0.39 is 0 Å². The van der Waals surface area contributed by atoms with Gasteiger partial charge in [0, 0.05) is 0 Å². The molecule has 4 heteroatoms. The first-order valence-corrected chi connectivity index (χ1v) is 6.86. The van der Waals surface area contributed by atoms with Gasteiger partial charge in [-0.1, -0.05) is 24.3 Å². The lowest BCUT2D eigenvalue weighted by Crippen LogP contribution is -1.95. The third kappa shape index (κ3) is 3.34. The Bertz CT molecular complexity index is 664. The van der Waals surface area contributed by atoms with Crippen LogP contribution in [0.4, 0.5) is 0 Å². The van der Waals surface area contributed by atoms with Crippen LogP contribution in [0.2, 0.25) is 0 Å². The molecule has 0 aliphatic rings. The summed E-state index contributed by atoms with van der Waals surface area (Å²) in [6.07, 6.45) is 3.84. The van der Waals surface area contributed by atoms with Gasteiger partial charge >= 0.3 is 0 Å². The number of rotatable bonds is 5. The van der Waals surface area contributed by atoms with E-state index in [1.165, 1.54) is 0 Å². The molecule has 4 nitrogen and oxygen atoms in total. The lowest BCUT2D eigenvalue weighted by Gasteiger charge is -2.12. The summed E-state index contributed by atoms with van der Waals surface area (Å²) in [5, 5.41) is 9.74. The van der Waals surface area contributed by atoms with Crippen molar-refractivity contribution in [1.29, 1.82) is 0 Å². The second kappa shape index (κ2) is 6.89. The molecular weight excluding hydrogens is 280 g/mol. The van der Waals surface area contributed by atoms with Gasteiger partial charge in [0.1, 0.15) is 5.75 Å². The average molecular weight is 300 g/mol. The van der Waals surface area contributed by atoms with Crippen LogP contribution < -0.4 is 14.2 Å². The highest BCUT2D eigenvalue weighted by atomic mass is 16.5. The normalized spacial score (nSPS) is 10.7. The van der Waals surface area contributed by atoms with Crippen molar-refractivity contribution >= 4 is 12.2 Å². The molecule has 2 rings (SSSR count). The molecule has 0 spiro atoms. The Morgan fingerprint density at radius 2 is 1.41 bits per heavy atom. The van der Waals surface area contributed by atoms with Crippen LogP contribution in [0.25, 0.3) is 12.2 Å². The second-order valence-corrected chi connectivity index (χ2v) is 4.84. The Morgan fingerprint density at radius 1 is 0.818 bits per heavy atom. The number of phenols is 1. The first-order valence-electron chi connectivity index (χ1n) is 6.86. The number of hydrogen-bond donors (Lipinski definition) is 1. The molecule has 0 saturated heterocycles. The highest BCUT2D eigenvalue weighted by Crippen LogP contribution is 2.38. The summed E-state index contributed by atoms with van der Waals surface area (Å²) in [5.41, 5.74) is 2.68. The lowest BCUT2D eigenvalue weighted by molar-refractivity contribution is 0.324. The third-order valence-electron chi connectivity index (χ3n) is 3.39. The molecular formula is C18H20O4. The fraction of sp³-hybridized carbons (Fsp3) is 0.222. The summed E-state index contributed by atoms with van der Waals surface area (Å²) in [7, 11) is 4.75. The summed E-state index contributed by atoms with van der Waals surface area (Å²) >= 11 is 0. The van der Waals surface area contributed by atoms with Crippen LogP contribution in [0, 0.1) is 6.92 Å². The van der Waals surface area contributed by atoms with Crippen molar-refractivity contribution in [3.8, 4) is 23.0 Å². The van der Waals surface area contributed by atoms with Gasteiger partial charge in [-0.3, -0.25) is 0 Å². The monoisotopic (exact) mass is 300 g/mol. The van der Waals surface area contributed by atoms with Gasteiger partial charge in [0.2, 0.25) is 5.75 Å². The molecule has 2 aromatic rings. The molecule has 0 aromatic heterocycles. The highest BCUT2D eigenvalue weighted by Gasteiger charge is 2.11. The van der Waals surface area contributed by atoms with Crippen molar-refractivity contribution in [1.82, 2.24) is 0 Å². The van der Waals surface area contributed by atoms with Crippen LogP contribution in [-0.2, 0) is 0 Å². The van der Waals surface area contributed by atoms with E-state index in [9.17, 15) is 5.11 Å². The number of ether oxygens (including phenoxy) is 3. The zero-order chi connectivity index (χ0) is 16.1. The Balaban J connectivity index is 2.36. The predicted molar refractivity (Wildman–Crippen MR) is 87.9 cm³/mol. The van der Waals surface area contributed by atoms with E-state index in [1.54, 1.807) is 27.4 Å². The summed E-state index contributed by atoms with van der Waals surface area (Å²) in [6.45, 7) is 1.86. The van der Waals surface area contributed by atoms with Gasteiger partial charge in [-0.25, -0.2) is 0 Å². The fourth-order valence-electron chi connectivity index (χ4n) is 2.12. The smallest absolute Gasteiger partial charge is 0.203 e. The number of phenolic OH excluding ortho intramolecular Hbond substituents is 1. The zero-order valence-corrected chi connectivity index (χ0v) is 13.2. The van der Waals surface area contributed by atoms with E-state index in [2.05, 4.69) is 0 Å². The maximum Gasteiger partial charge on any atom is 0.203 e. The van der Waals surface area contributed by atoms with Gasteiger partial charge in [0.05, 0.1) is 21.3 Å². The molecule has 0 radical (unpaired) electrons. The van der Waals surface area contributed by atoms with E-state index in [-0.39, 0.29) is 5.75 Å². The first-order chi connectivity index (χ1) is 10.6. The Morgan fingerprint density at radius 3 is 1.91 bits per heavy atom. The third-order valence-corrected chi connectivity index (χ3v) is 3.39. The number of hydrogen-bond acceptors (Lipinski definition) is 4. The van der Waals surface area contributed by atoms with Crippen molar-refractivity contribution in [3.05, 3.63) is 47.0 Å². The maximum atomic E-state index is 9.74. The minimum absolute atomic E-state index is 0.284. The molecule has 2 aromatic carbocycles. The molecule has 0 bridgehead atoms. The van der Waals surface area contributed by atoms with Crippen molar-refractivity contribution in [2.45, 2.75) is 6.92 Å². The van der Waals surface area contributed by atoms with E-state index >= 15 is 0 Å². The second-order valence-electron chi connectivity index (χ2n) is 4.84. The van der Waals surface area contributed by atoms with Gasteiger partial charge in [-0.15, -0.1) is 0 Å². The van der Waals surface area contributed by atoms with Gasteiger partial charge in [0.25, 0.3) is 0 Å². The zero-order valence-electron chi connectivity index (χ0n) is 13.2.